The van der Waals surface area contributed by atoms with Crippen LogP contribution in [-0.2, 0) is 0 Å². The Balaban J connectivity index is 1.91. The van der Waals surface area contributed by atoms with E-state index < -0.39 is 5.82 Å². The maximum atomic E-state index is 13.3. The molecule has 1 aromatic heterocycles. The molecule has 1 aliphatic heterocycles. The Labute approximate surface area is 103 Å². The second-order valence-electron chi connectivity index (χ2n) is 4.16. The topological polar surface area (TPSA) is 60.2 Å². The van der Waals surface area contributed by atoms with Crippen molar-refractivity contribution in [2.45, 2.75) is 5.92 Å². The van der Waals surface area contributed by atoms with Crippen LogP contribution in [0.4, 0.5) is 4.39 Å². The quantitative estimate of drug-likeness (QED) is 0.894. The van der Waals surface area contributed by atoms with E-state index >= 15 is 0 Å². The fourth-order valence-corrected chi connectivity index (χ4v) is 1.78. The molecule has 18 heavy (non-hydrogen) atoms. The third-order valence-corrected chi connectivity index (χ3v) is 2.98. The maximum Gasteiger partial charge on any atom is 0.232 e. The molecule has 0 radical (unpaired) electrons. The number of nitrogens with zero attached hydrogens (tertiary/aromatic N) is 2. The van der Waals surface area contributed by atoms with E-state index in [9.17, 15) is 4.39 Å². The molecule has 1 aromatic carbocycles. The van der Waals surface area contributed by atoms with Crippen LogP contribution in [0.15, 0.2) is 22.7 Å². The van der Waals surface area contributed by atoms with Gasteiger partial charge in [0.15, 0.2) is 11.6 Å². The first-order valence-corrected chi connectivity index (χ1v) is 5.66. The fourth-order valence-electron chi connectivity index (χ4n) is 1.78. The highest BCUT2D eigenvalue weighted by molar-refractivity contribution is 5.57. The third kappa shape index (κ3) is 1.84. The number of methoxy groups -OCH3 is 1. The highest BCUT2D eigenvalue weighted by Gasteiger charge is 2.25. The van der Waals surface area contributed by atoms with E-state index in [1.165, 1.54) is 13.2 Å². The van der Waals surface area contributed by atoms with Gasteiger partial charge in [-0.15, -0.1) is 0 Å². The predicted molar refractivity (Wildman–Crippen MR) is 61.9 cm³/mol. The van der Waals surface area contributed by atoms with Gasteiger partial charge in [-0.2, -0.15) is 4.98 Å². The smallest absolute Gasteiger partial charge is 0.232 e. The van der Waals surface area contributed by atoms with Crippen LogP contribution >= 0.6 is 0 Å². The number of hydrogen-bond acceptors (Lipinski definition) is 5. The molecule has 1 N–H and O–H groups in total. The monoisotopic (exact) mass is 249 g/mol. The zero-order valence-corrected chi connectivity index (χ0v) is 9.81. The van der Waals surface area contributed by atoms with E-state index in [4.69, 9.17) is 9.26 Å². The van der Waals surface area contributed by atoms with Crippen molar-refractivity contribution in [2.24, 2.45) is 0 Å². The van der Waals surface area contributed by atoms with Crippen LogP contribution in [0.5, 0.6) is 5.75 Å². The molecule has 0 saturated carbocycles. The van der Waals surface area contributed by atoms with Crippen molar-refractivity contribution in [1.29, 1.82) is 0 Å². The number of nitrogens with one attached hydrogen (secondary N) is 1. The summed E-state index contributed by atoms with van der Waals surface area (Å²) in [5.74, 6) is 1.12. The number of hydrogen-bond donors (Lipinski definition) is 1. The Bertz CT molecular complexity index is 566. The molecule has 0 bridgehead atoms. The molecule has 5 nitrogen and oxygen atoms in total. The minimum atomic E-state index is -0.409. The summed E-state index contributed by atoms with van der Waals surface area (Å²) in [5.41, 5.74) is 0.676. The number of halogens is 1. The van der Waals surface area contributed by atoms with Crippen LogP contribution < -0.4 is 10.1 Å². The summed E-state index contributed by atoms with van der Waals surface area (Å²) in [4.78, 5) is 4.31. The van der Waals surface area contributed by atoms with E-state index in [0.29, 0.717) is 17.3 Å². The highest BCUT2D eigenvalue weighted by atomic mass is 19.1. The first kappa shape index (κ1) is 11.2. The van der Waals surface area contributed by atoms with Gasteiger partial charge >= 0.3 is 0 Å². The molecular formula is C12H12FN3O2. The van der Waals surface area contributed by atoms with Crippen molar-refractivity contribution in [1.82, 2.24) is 15.5 Å². The van der Waals surface area contributed by atoms with Gasteiger partial charge in [-0.1, -0.05) is 5.16 Å². The van der Waals surface area contributed by atoms with E-state index in [1.54, 1.807) is 12.1 Å². The largest absolute Gasteiger partial charge is 0.494 e. The van der Waals surface area contributed by atoms with Crippen LogP contribution in [0, 0.1) is 5.82 Å². The minimum Gasteiger partial charge on any atom is -0.494 e. The predicted octanol–water partition coefficient (Wildman–Crippen LogP) is 1.57. The van der Waals surface area contributed by atoms with Crippen LogP contribution in [0.25, 0.3) is 11.4 Å². The molecule has 1 saturated heterocycles. The lowest BCUT2D eigenvalue weighted by atomic mass is 10.0. The Hall–Kier alpha value is -1.95. The summed E-state index contributed by atoms with van der Waals surface area (Å²) in [6, 6.07) is 4.49. The lowest BCUT2D eigenvalue weighted by molar-refractivity contribution is 0.308. The zero-order valence-electron chi connectivity index (χ0n) is 9.81. The van der Waals surface area contributed by atoms with Gasteiger partial charge in [-0.3, -0.25) is 0 Å². The van der Waals surface area contributed by atoms with Crippen molar-refractivity contribution < 1.29 is 13.7 Å². The van der Waals surface area contributed by atoms with Gasteiger partial charge in [-0.25, -0.2) is 4.39 Å². The number of ether oxygens (including phenoxy) is 1. The van der Waals surface area contributed by atoms with Crippen LogP contribution in [-0.4, -0.2) is 30.3 Å². The van der Waals surface area contributed by atoms with Gasteiger partial charge in [0, 0.05) is 18.7 Å². The Kier molecular flexibility index (Phi) is 2.71. The summed E-state index contributed by atoms with van der Waals surface area (Å²) in [6.45, 7) is 1.71. The molecule has 1 aliphatic rings. The van der Waals surface area contributed by atoms with Gasteiger partial charge in [0.1, 0.15) is 0 Å². The van der Waals surface area contributed by atoms with Gasteiger partial charge in [0.05, 0.1) is 13.0 Å². The minimum absolute atomic E-state index is 0.171. The molecule has 94 valence electrons. The van der Waals surface area contributed by atoms with E-state index in [0.717, 1.165) is 13.1 Å². The maximum absolute atomic E-state index is 13.3. The average molecular weight is 249 g/mol. The molecule has 0 unspecified atom stereocenters. The molecule has 2 aromatic rings. The van der Waals surface area contributed by atoms with Gasteiger partial charge in [0.2, 0.25) is 11.7 Å². The highest BCUT2D eigenvalue weighted by Crippen LogP contribution is 2.26. The lowest BCUT2D eigenvalue weighted by Gasteiger charge is -2.22. The van der Waals surface area contributed by atoms with E-state index in [2.05, 4.69) is 15.5 Å². The first-order valence-electron chi connectivity index (χ1n) is 5.66. The van der Waals surface area contributed by atoms with Gasteiger partial charge < -0.3 is 14.6 Å². The summed E-state index contributed by atoms with van der Waals surface area (Å²) < 4.78 is 23.4. The Morgan fingerprint density at radius 1 is 1.44 bits per heavy atom. The average Bonchev–Trinajstić information content (AvgIpc) is 2.76. The van der Waals surface area contributed by atoms with Crippen molar-refractivity contribution in [2.75, 3.05) is 20.2 Å². The molecule has 0 atom stereocenters. The lowest BCUT2D eigenvalue weighted by Crippen LogP contribution is -2.40. The second kappa shape index (κ2) is 4.38. The Morgan fingerprint density at radius 3 is 2.94 bits per heavy atom. The third-order valence-electron chi connectivity index (χ3n) is 2.98. The van der Waals surface area contributed by atoms with Crippen molar-refractivity contribution in [3.63, 3.8) is 0 Å². The molecule has 2 heterocycles. The van der Waals surface area contributed by atoms with Crippen LogP contribution in [0.2, 0.25) is 0 Å². The second-order valence-corrected chi connectivity index (χ2v) is 4.16. The van der Waals surface area contributed by atoms with Crippen LogP contribution in [0.3, 0.4) is 0 Å². The molecule has 0 aliphatic carbocycles. The molecule has 3 rings (SSSR count). The fraction of sp³-hybridized carbons (Fsp3) is 0.333. The van der Waals surface area contributed by atoms with Gasteiger partial charge in [-0.05, 0) is 18.2 Å². The van der Waals surface area contributed by atoms with E-state index in [1.807, 2.05) is 0 Å². The molecule has 0 spiro atoms. The van der Waals surface area contributed by atoms with E-state index in [-0.39, 0.29) is 11.7 Å². The summed E-state index contributed by atoms with van der Waals surface area (Å²) in [5, 5.41) is 7.04. The van der Waals surface area contributed by atoms with Gasteiger partial charge in [0.25, 0.3) is 0 Å². The summed E-state index contributed by atoms with van der Waals surface area (Å²) in [7, 11) is 1.42. The number of aromatic nitrogens is 2. The first-order chi connectivity index (χ1) is 8.78. The molecule has 1 fully saturated rings. The summed E-state index contributed by atoms with van der Waals surface area (Å²) >= 11 is 0. The molecule has 6 heteroatoms. The summed E-state index contributed by atoms with van der Waals surface area (Å²) in [6.07, 6.45) is 0. The normalized spacial score (nSPS) is 15.4. The molecule has 0 amide bonds. The zero-order chi connectivity index (χ0) is 12.5. The number of rotatable bonds is 3. The van der Waals surface area contributed by atoms with Crippen molar-refractivity contribution >= 4 is 0 Å². The number of benzene rings is 1. The molecular weight excluding hydrogens is 237 g/mol. The van der Waals surface area contributed by atoms with Crippen molar-refractivity contribution in [3.05, 3.63) is 29.9 Å². The Morgan fingerprint density at radius 2 is 2.28 bits per heavy atom. The standard InChI is InChI=1S/C12H12FN3O2/c1-17-10-4-7(2-3-9(10)13)11-15-12(18-16-11)8-5-14-6-8/h2-4,8,14H,5-6H2,1H3. The van der Waals surface area contributed by atoms with Crippen LogP contribution in [0.1, 0.15) is 11.8 Å². The SMILES string of the molecule is COc1cc(-c2noc(C3CNC3)n2)ccc1F. The van der Waals surface area contributed by atoms with Crippen molar-refractivity contribution in [3.8, 4) is 17.1 Å².